The zero-order valence-electron chi connectivity index (χ0n) is 10.2. The Morgan fingerprint density at radius 2 is 2.05 bits per heavy atom. The first-order valence-corrected chi connectivity index (χ1v) is 8.49. The Hall–Kier alpha value is -0.860. The molecule has 0 fully saturated rings. The molecule has 0 atom stereocenters. The van der Waals surface area contributed by atoms with E-state index in [0.29, 0.717) is 5.69 Å². The largest absolute Gasteiger partial charge is 0.392 e. The van der Waals surface area contributed by atoms with E-state index in [-0.39, 0.29) is 32.2 Å². The molecule has 2 aromatic rings. The van der Waals surface area contributed by atoms with E-state index in [9.17, 15) is 8.42 Å². The van der Waals surface area contributed by atoms with Gasteiger partial charge in [-0.05, 0) is 24.6 Å². The first-order valence-electron chi connectivity index (χ1n) is 5.37. The molecule has 0 aliphatic heterocycles. The number of hydrogen-bond acceptors (Lipinski definition) is 5. The minimum absolute atomic E-state index is 0.0204. The Kier molecular flexibility index (Phi) is 4.55. The molecule has 0 unspecified atom stereocenters. The number of anilines is 1. The van der Waals surface area contributed by atoms with Crippen molar-refractivity contribution in [2.75, 3.05) is 4.72 Å². The topological polar surface area (TPSA) is 79.3 Å². The number of aromatic nitrogens is 1. The van der Waals surface area contributed by atoms with Crippen LogP contribution in [0.5, 0.6) is 0 Å². The number of nitrogens with one attached hydrogen (secondary N) is 1. The molecule has 108 valence electrons. The van der Waals surface area contributed by atoms with Crippen LogP contribution in [0.25, 0.3) is 0 Å². The van der Waals surface area contributed by atoms with E-state index in [1.54, 1.807) is 12.3 Å². The lowest BCUT2D eigenvalue weighted by molar-refractivity contribution is 0.281. The second-order valence-corrected chi connectivity index (χ2v) is 7.26. The maximum absolute atomic E-state index is 12.3. The lowest BCUT2D eigenvalue weighted by Crippen LogP contribution is -2.14. The fourth-order valence-corrected chi connectivity index (χ4v) is 4.27. The summed E-state index contributed by atoms with van der Waals surface area (Å²) in [5.41, 5.74) is 0.998. The number of benzene rings is 1. The minimum atomic E-state index is -3.88. The summed E-state index contributed by atoms with van der Waals surface area (Å²) in [7, 11) is -3.88. The summed E-state index contributed by atoms with van der Waals surface area (Å²) in [6, 6.07) is 2.53. The summed E-state index contributed by atoms with van der Waals surface area (Å²) < 4.78 is 26.9. The van der Waals surface area contributed by atoms with E-state index < -0.39 is 10.0 Å². The van der Waals surface area contributed by atoms with Crippen molar-refractivity contribution < 1.29 is 13.5 Å². The average Bonchev–Trinajstić information content (AvgIpc) is 2.73. The van der Waals surface area contributed by atoms with Gasteiger partial charge in [-0.1, -0.05) is 23.2 Å². The SMILES string of the molecule is Cc1csc(NS(=O)(=O)c2cc(CO)c(Cl)cc2Cl)n1. The molecule has 0 bridgehead atoms. The summed E-state index contributed by atoms with van der Waals surface area (Å²) >= 11 is 12.9. The highest BCUT2D eigenvalue weighted by molar-refractivity contribution is 7.93. The Balaban J connectivity index is 2.43. The van der Waals surface area contributed by atoms with Crippen LogP contribution >= 0.6 is 34.5 Å². The lowest BCUT2D eigenvalue weighted by Gasteiger charge is -2.10. The minimum Gasteiger partial charge on any atom is -0.392 e. The number of thiazole rings is 1. The van der Waals surface area contributed by atoms with E-state index in [1.165, 1.54) is 23.5 Å². The first kappa shape index (κ1) is 15.5. The molecule has 0 radical (unpaired) electrons. The standard InChI is InChI=1S/C11H10Cl2N2O3S2/c1-6-5-19-11(14-6)15-20(17,18)10-2-7(4-16)8(12)3-9(10)13/h2-3,5,16H,4H2,1H3,(H,14,15). The number of halogens is 2. The predicted octanol–water partition coefficient (Wildman–Crippen LogP) is 3.05. The summed E-state index contributed by atoms with van der Waals surface area (Å²) in [6.45, 7) is 1.38. The molecule has 2 rings (SSSR count). The van der Waals surface area contributed by atoms with Gasteiger partial charge in [-0.3, -0.25) is 4.72 Å². The van der Waals surface area contributed by atoms with Crippen molar-refractivity contribution >= 4 is 49.7 Å². The van der Waals surface area contributed by atoms with Gasteiger partial charge in [0.2, 0.25) is 0 Å². The highest BCUT2D eigenvalue weighted by atomic mass is 35.5. The van der Waals surface area contributed by atoms with E-state index >= 15 is 0 Å². The number of rotatable bonds is 4. The Bertz CT molecular complexity index is 744. The summed E-state index contributed by atoms with van der Waals surface area (Å²) in [6.07, 6.45) is 0. The van der Waals surface area contributed by atoms with Crippen LogP contribution < -0.4 is 4.72 Å². The predicted molar refractivity (Wildman–Crippen MR) is 80.0 cm³/mol. The summed E-state index contributed by atoms with van der Waals surface area (Å²) in [5, 5.41) is 11.3. The second-order valence-electron chi connectivity index (χ2n) is 3.93. The number of nitrogens with zero attached hydrogens (tertiary/aromatic N) is 1. The van der Waals surface area contributed by atoms with Gasteiger partial charge in [-0.2, -0.15) is 0 Å². The van der Waals surface area contributed by atoms with Crippen molar-refractivity contribution in [3.63, 3.8) is 0 Å². The zero-order valence-corrected chi connectivity index (χ0v) is 13.4. The number of aliphatic hydroxyl groups excluding tert-OH is 1. The molecule has 1 heterocycles. The Morgan fingerprint density at radius 3 is 2.60 bits per heavy atom. The van der Waals surface area contributed by atoms with Gasteiger partial charge >= 0.3 is 0 Å². The van der Waals surface area contributed by atoms with Crippen molar-refractivity contribution in [3.8, 4) is 0 Å². The quantitative estimate of drug-likeness (QED) is 0.886. The van der Waals surface area contributed by atoms with Crippen molar-refractivity contribution in [2.24, 2.45) is 0 Å². The number of hydrogen-bond donors (Lipinski definition) is 2. The van der Waals surface area contributed by atoms with Gasteiger partial charge in [0, 0.05) is 10.4 Å². The first-order chi connectivity index (χ1) is 9.33. The van der Waals surface area contributed by atoms with Crippen molar-refractivity contribution in [2.45, 2.75) is 18.4 Å². The van der Waals surface area contributed by atoms with Crippen LogP contribution in [0.2, 0.25) is 10.0 Å². The molecule has 9 heteroatoms. The van der Waals surface area contributed by atoms with Crippen LogP contribution in [-0.4, -0.2) is 18.5 Å². The van der Waals surface area contributed by atoms with Gasteiger partial charge in [-0.15, -0.1) is 11.3 Å². The molecular weight excluding hydrogens is 343 g/mol. The van der Waals surface area contributed by atoms with Crippen LogP contribution in [0, 0.1) is 6.92 Å². The molecule has 0 spiro atoms. The smallest absolute Gasteiger partial charge is 0.265 e. The molecule has 0 aliphatic carbocycles. The molecule has 0 amide bonds. The average molecular weight is 353 g/mol. The molecule has 2 N–H and O–H groups in total. The zero-order chi connectivity index (χ0) is 14.9. The van der Waals surface area contributed by atoms with Gasteiger partial charge in [0.1, 0.15) is 4.90 Å². The molecule has 5 nitrogen and oxygen atoms in total. The van der Waals surface area contributed by atoms with E-state index in [2.05, 4.69) is 9.71 Å². The highest BCUT2D eigenvalue weighted by Crippen LogP contribution is 2.30. The monoisotopic (exact) mass is 352 g/mol. The third kappa shape index (κ3) is 3.24. The molecule has 0 saturated carbocycles. The Morgan fingerprint density at radius 1 is 1.35 bits per heavy atom. The third-order valence-corrected chi connectivity index (χ3v) is 5.56. The fraction of sp³-hybridized carbons (Fsp3) is 0.182. The van der Waals surface area contributed by atoms with Crippen LogP contribution in [0.15, 0.2) is 22.4 Å². The van der Waals surface area contributed by atoms with Crippen LogP contribution in [0.1, 0.15) is 11.3 Å². The van der Waals surface area contributed by atoms with Crippen LogP contribution in [0.3, 0.4) is 0 Å². The molecular formula is C11H10Cl2N2O3S2. The maximum Gasteiger partial charge on any atom is 0.265 e. The molecule has 20 heavy (non-hydrogen) atoms. The number of sulfonamides is 1. The van der Waals surface area contributed by atoms with E-state index in [4.69, 9.17) is 28.3 Å². The van der Waals surface area contributed by atoms with Gasteiger partial charge in [0.15, 0.2) is 5.13 Å². The maximum atomic E-state index is 12.3. The lowest BCUT2D eigenvalue weighted by atomic mass is 10.2. The van der Waals surface area contributed by atoms with Gasteiger partial charge < -0.3 is 5.11 Å². The second kappa shape index (κ2) is 5.87. The molecule has 1 aromatic heterocycles. The summed E-state index contributed by atoms with van der Waals surface area (Å²) in [4.78, 5) is 3.87. The molecule has 1 aromatic carbocycles. The van der Waals surface area contributed by atoms with Gasteiger partial charge in [-0.25, -0.2) is 13.4 Å². The fourth-order valence-electron chi connectivity index (χ4n) is 1.47. The van der Waals surface area contributed by atoms with Gasteiger partial charge in [0.05, 0.1) is 17.3 Å². The Labute approximate surface area is 130 Å². The highest BCUT2D eigenvalue weighted by Gasteiger charge is 2.21. The van der Waals surface area contributed by atoms with Crippen LogP contribution in [0.4, 0.5) is 5.13 Å². The van der Waals surface area contributed by atoms with Crippen molar-refractivity contribution in [1.29, 1.82) is 0 Å². The summed E-state index contributed by atoms with van der Waals surface area (Å²) in [5.74, 6) is 0. The van der Waals surface area contributed by atoms with E-state index in [0.717, 1.165) is 0 Å². The third-order valence-electron chi connectivity index (χ3n) is 2.40. The van der Waals surface area contributed by atoms with E-state index in [1.807, 2.05) is 0 Å². The van der Waals surface area contributed by atoms with Crippen LogP contribution in [-0.2, 0) is 16.6 Å². The molecule has 0 aliphatic rings. The van der Waals surface area contributed by atoms with Crippen molar-refractivity contribution in [3.05, 3.63) is 38.8 Å². The molecule has 0 saturated heterocycles. The van der Waals surface area contributed by atoms with Crippen molar-refractivity contribution in [1.82, 2.24) is 4.98 Å². The normalized spacial score (nSPS) is 11.6. The number of aryl methyl sites for hydroxylation is 1. The van der Waals surface area contributed by atoms with Gasteiger partial charge in [0.25, 0.3) is 10.0 Å². The number of aliphatic hydroxyl groups is 1.